The van der Waals surface area contributed by atoms with E-state index in [2.05, 4.69) is 41.5 Å². The van der Waals surface area contributed by atoms with Crippen molar-refractivity contribution in [3.8, 4) is 0 Å². The van der Waals surface area contributed by atoms with Crippen LogP contribution in [0.1, 0.15) is 36.6 Å². The molecule has 1 aliphatic carbocycles. The zero-order valence-electron chi connectivity index (χ0n) is 11.8. The maximum Gasteiger partial charge on any atom is 0.0459 e. The number of aromatic nitrogens is 1. The average molecular weight is 257 g/mol. The number of H-pyrrole nitrogens is 1. The first-order valence-corrected chi connectivity index (χ1v) is 7.15. The van der Waals surface area contributed by atoms with Crippen molar-refractivity contribution in [3.05, 3.63) is 35.5 Å². The van der Waals surface area contributed by atoms with Crippen molar-refractivity contribution in [1.82, 2.24) is 10.3 Å². The molecular weight excluding hydrogens is 234 g/mol. The van der Waals surface area contributed by atoms with Crippen molar-refractivity contribution in [1.29, 1.82) is 0 Å². The van der Waals surface area contributed by atoms with Crippen LogP contribution in [0.5, 0.6) is 0 Å². The third-order valence-electron chi connectivity index (χ3n) is 4.79. The summed E-state index contributed by atoms with van der Waals surface area (Å²) < 4.78 is 0. The molecule has 0 saturated heterocycles. The molecule has 0 spiro atoms. The van der Waals surface area contributed by atoms with E-state index in [1.165, 1.54) is 41.4 Å². The molecule has 3 rings (SSSR count). The first-order valence-electron chi connectivity index (χ1n) is 7.15. The van der Waals surface area contributed by atoms with Crippen LogP contribution >= 0.6 is 0 Å². The highest BCUT2D eigenvalue weighted by atomic mass is 14.9. The van der Waals surface area contributed by atoms with Gasteiger partial charge >= 0.3 is 0 Å². The van der Waals surface area contributed by atoms with Crippen molar-refractivity contribution in [2.24, 2.45) is 11.1 Å². The zero-order valence-corrected chi connectivity index (χ0v) is 11.8. The number of rotatable bonds is 4. The third-order valence-corrected chi connectivity index (χ3v) is 4.79. The van der Waals surface area contributed by atoms with Crippen LogP contribution in [0.3, 0.4) is 0 Å². The molecule has 1 heterocycles. The molecule has 1 aliphatic rings. The van der Waals surface area contributed by atoms with Crippen molar-refractivity contribution in [2.75, 3.05) is 13.6 Å². The normalized spacial score (nSPS) is 19.3. The molecule has 1 unspecified atom stereocenters. The van der Waals surface area contributed by atoms with Gasteiger partial charge in [-0.1, -0.05) is 24.6 Å². The summed E-state index contributed by atoms with van der Waals surface area (Å²) in [5.41, 5.74) is 10.6. The molecule has 1 atom stereocenters. The Morgan fingerprint density at radius 2 is 2.11 bits per heavy atom. The number of aryl methyl sites for hydroxylation is 1. The van der Waals surface area contributed by atoms with Gasteiger partial charge in [-0.2, -0.15) is 0 Å². The summed E-state index contributed by atoms with van der Waals surface area (Å²) in [5, 5.41) is 4.62. The van der Waals surface area contributed by atoms with Gasteiger partial charge in [0.05, 0.1) is 0 Å². The second-order valence-corrected chi connectivity index (χ2v) is 5.93. The summed E-state index contributed by atoms with van der Waals surface area (Å²) in [7, 11) is 2.02. The number of fused-ring (bicyclic) bond motifs is 1. The van der Waals surface area contributed by atoms with Crippen LogP contribution in [0, 0.1) is 12.3 Å². The van der Waals surface area contributed by atoms with Gasteiger partial charge in [-0.3, -0.25) is 0 Å². The number of benzene rings is 1. The van der Waals surface area contributed by atoms with Crippen molar-refractivity contribution in [2.45, 2.75) is 32.2 Å². The molecule has 19 heavy (non-hydrogen) atoms. The Labute approximate surface area is 114 Å². The van der Waals surface area contributed by atoms with Crippen molar-refractivity contribution in [3.63, 3.8) is 0 Å². The minimum atomic E-state index is 0.116. The van der Waals surface area contributed by atoms with Crippen LogP contribution in [0.4, 0.5) is 0 Å². The first-order chi connectivity index (χ1) is 9.18. The Morgan fingerprint density at radius 3 is 2.74 bits per heavy atom. The van der Waals surface area contributed by atoms with Gasteiger partial charge in [0.2, 0.25) is 0 Å². The van der Waals surface area contributed by atoms with Gasteiger partial charge in [-0.15, -0.1) is 0 Å². The number of hydrogen-bond donors (Lipinski definition) is 3. The van der Waals surface area contributed by atoms with E-state index in [9.17, 15) is 0 Å². The van der Waals surface area contributed by atoms with E-state index in [0.29, 0.717) is 0 Å². The van der Waals surface area contributed by atoms with Crippen LogP contribution in [0.25, 0.3) is 10.9 Å². The molecule has 0 bridgehead atoms. The molecule has 1 saturated carbocycles. The number of nitrogens with one attached hydrogen (secondary N) is 2. The maximum atomic E-state index is 6.67. The lowest BCUT2D eigenvalue weighted by Gasteiger charge is -2.46. The van der Waals surface area contributed by atoms with E-state index in [4.69, 9.17) is 5.73 Å². The van der Waals surface area contributed by atoms with Crippen LogP contribution in [0.2, 0.25) is 0 Å². The van der Waals surface area contributed by atoms with E-state index >= 15 is 0 Å². The standard InChI is InChI=1S/C16H23N3/c1-11-14(12-6-3-4-7-13(12)19-11)15(17)16(10-18-2)8-5-9-16/h3-4,6-7,15,18-19H,5,8-10,17H2,1-2H3. The Hall–Kier alpha value is -1.32. The molecule has 1 aromatic carbocycles. The van der Waals surface area contributed by atoms with E-state index in [1.807, 2.05) is 7.05 Å². The Balaban J connectivity index is 2.06. The molecule has 102 valence electrons. The van der Waals surface area contributed by atoms with Crippen LogP contribution in [-0.2, 0) is 0 Å². The Bertz CT molecular complexity index is 581. The SMILES string of the molecule is CNCC1(C(N)c2c(C)[nH]c3ccccc23)CCC1. The summed E-state index contributed by atoms with van der Waals surface area (Å²) in [6.45, 7) is 3.15. The monoisotopic (exact) mass is 257 g/mol. The van der Waals surface area contributed by atoms with Gasteiger partial charge in [0.25, 0.3) is 0 Å². The number of para-hydroxylation sites is 1. The Morgan fingerprint density at radius 1 is 1.37 bits per heavy atom. The highest BCUT2D eigenvalue weighted by molar-refractivity contribution is 5.85. The van der Waals surface area contributed by atoms with Crippen LogP contribution < -0.4 is 11.1 Å². The highest BCUT2D eigenvalue weighted by Crippen LogP contribution is 2.50. The molecule has 3 nitrogen and oxygen atoms in total. The number of hydrogen-bond acceptors (Lipinski definition) is 2. The molecule has 2 aromatic rings. The molecule has 0 amide bonds. The average Bonchev–Trinajstić information content (AvgIpc) is 2.68. The second kappa shape index (κ2) is 4.66. The van der Waals surface area contributed by atoms with E-state index < -0.39 is 0 Å². The summed E-state index contributed by atoms with van der Waals surface area (Å²) >= 11 is 0. The zero-order chi connectivity index (χ0) is 13.5. The summed E-state index contributed by atoms with van der Waals surface area (Å²) in [6, 6.07) is 8.59. The minimum Gasteiger partial charge on any atom is -0.358 e. The van der Waals surface area contributed by atoms with Crippen LogP contribution in [0.15, 0.2) is 24.3 Å². The summed E-state index contributed by atoms with van der Waals surface area (Å²) in [6.07, 6.45) is 3.76. The fraction of sp³-hybridized carbons (Fsp3) is 0.500. The Kier molecular flexibility index (Phi) is 3.11. The summed E-state index contributed by atoms with van der Waals surface area (Å²) in [4.78, 5) is 3.47. The van der Waals surface area contributed by atoms with E-state index in [0.717, 1.165) is 6.54 Å². The predicted octanol–water partition coefficient (Wildman–Crippen LogP) is 2.87. The molecule has 0 aliphatic heterocycles. The molecule has 1 aromatic heterocycles. The highest BCUT2D eigenvalue weighted by Gasteiger charge is 2.43. The molecule has 4 N–H and O–H groups in total. The van der Waals surface area contributed by atoms with Gasteiger partial charge < -0.3 is 16.0 Å². The molecule has 1 fully saturated rings. The maximum absolute atomic E-state index is 6.67. The van der Waals surface area contributed by atoms with Gasteiger partial charge in [0, 0.05) is 34.6 Å². The third kappa shape index (κ3) is 1.88. The van der Waals surface area contributed by atoms with Crippen LogP contribution in [-0.4, -0.2) is 18.6 Å². The quantitative estimate of drug-likeness (QED) is 0.789. The fourth-order valence-electron chi connectivity index (χ4n) is 3.59. The lowest BCUT2D eigenvalue weighted by atomic mass is 9.62. The van der Waals surface area contributed by atoms with Crippen molar-refractivity contribution >= 4 is 10.9 Å². The smallest absolute Gasteiger partial charge is 0.0459 e. The van der Waals surface area contributed by atoms with Gasteiger partial charge in [0.15, 0.2) is 0 Å². The van der Waals surface area contributed by atoms with Crippen molar-refractivity contribution < 1.29 is 0 Å². The largest absolute Gasteiger partial charge is 0.358 e. The molecule has 3 heteroatoms. The fourth-order valence-corrected chi connectivity index (χ4v) is 3.59. The number of nitrogens with two attached hydrogens (primary N) is 1. The van der Waals surface area contributed by atoms with E-state index in [-0.39, 0.29) is 11.5 Å². The number of aromatic amines is 1. The molecule has 0 radical (unpaired) electrons. The van der Waals surface area contributed by atoms with Gasteiger partial charge in [0.1, 0.15) is 0 Å². The lowest BCUT2D eigenvalue weighted by Crippen LogP contribution is -2.47. The van der Waals surface area contributed by atoms with Gasteiger partial charge in [-0.05, 0) is 38.4 Å². The summed E-state index contributed by atoms with van der Waals surface area (Å²) in [5.74, 6) is 0. The van der Waals surface area contributed by atoms with E-state index in [1.54, 1.807) is 0 Å². The second-order valence-electron chi connectivity index (χ2n) is 5.93. The molecular formula is C16H23N3. The van der Waals surface area contributed by atoms with Gasteiger partial charge in [-0.25, -0.2) is 0 Å². The topological polar surface area (TPSA) is 53.8 Å². The first kappa shape index (κ1) is 12.7. The minimum absolute atomic E-state index is 0.116. The lowest BCUT2D eigenvalue weighted by molar-refractivity contribution is 0.0951. The predicted molar refractivity (Wildman–Crippen MR) is 80.2 cm³/mol.